The zero-order valence-corrected chi connectivity index (χ0v) is 18.2. The first-order valence-electron chi connectivity index (χ1n) is 9.51. The molecule has 1 aliphatic rings. The standard InChI is InChI=1S/C21H25ClN4O2S/c1-4-11-24-12-14-25(15-13-24)21-10-7-19(16-23-21)26(22)29(27,28)20-8-5-18(6-9-20)17(2)3/h1,5-10,16-17H,11-15H2,2-3H3. The summed E-state index contributed by atoms with van der Waals surface area (Å²) in [6, 6.07) is 10.2. The monoisotopic (exact) mass is 432 g/mol. The molecular weight excluding hydrogens is 408 g/mol. The van der Waals surface area contributed by atoms with Crippen LogP contribution in [-0.4, -0.2) is 51.0 Å². The Labute approximate surface area is 178 Å². The van der Waals surface area contributed by atoms with E-state index < -0.39 is 10.0 Å². The molecule has 3 rings (SSSR count). The molecule has 0 aliphatic carbocycles. The summed E-state index contributed by atoms with van der Waals surface area (Å²) in [5.74, 6) is 3.78. The molecule has 1 aromatic carbocycles. The number of hydrogen-bond acceptors (Lipinski definition) is 5. The number of hydrogen-bond donors (Lipinski definition) is 0. The van der Waals surface area contributed by atoms with Gasteiger partial charge in [0.05, 0.1) is 23.3 Å². The van der Waals surface area contributed by atoms with Crippen LogP contribution < -0.4 is 8.72 Å². The zero-order chi connectivity index (χ0) is 21.0. The molecule has 1 aromatic heterocycles. The Kier molecular flexibility index (Phi) is 6.68. The van der Waals surface area contributed by atoms with E-state index in [2.05, 4.69) is 34.6 Å². The molecule has 0 amide bonds. The number of benzene rings is 1. The summed E-state index contributed by atoms with van der Waals surface area (Å²) in [6.07, 6.45) is 6.85. The summed E-state index contributed by atoms with van der Waals surface area (Å²) < 4.78 is 26.4. The number of anilines is 2. The molecule has 154 valence electrons. The summed E-state index contributed by atoms with van der Waals surface area (Å²) in [7, 11) is -3.87. The molecule has 0 bridgehead atoms. The molecule has 0 N–H and O–H groups in total. The van der Waals surface area contributed by atoms with Gasteiger partial charge in [0.1, 0.15) is 5.82 Å². The Hall–Kier alpha value is -2.27. The van der Waals surface area contributed by atoms with Crippen LogP contribution in [0.3, 0.4) is 0 Å². The fourth-order valence-corrected chi connectivity index (χ4v) is 4.58. The van der Waals surface area contributed by atoms with Gasteiger partial charge in [-0.15, -0.1) is 6.42 Å². The van der Waals surface area contributed by atoms with Gasteiger partial charge in [0.25, 0.3) is 10.0 Å². The number of pyridine rings is 1. The minimum atomic E-state index is -3.87. The molecule has 1 fully saturated rings. The Bertz CT molecular complexity index is 961. The maximum atomic E-state index is 12.8. The van der Waals surface area contributed by atoms with Gasteiger partial charge in [-0.05, 0) is 35.7 Å². The number of rotatable bonds is 6. The van der Waals surface area contributed by atoms with Crippen LogP contribution in [0.15, 0.2) is 47.5 Å². The molecule has 2 aromatic rings. The topological polar surface area (TPSA) is 56.8 Å². The van der Waals surface area contributed by atoms with Crippen LogP contribution in [0.2, 0.25) is 0 Å². The molecule has 6 nitrogen and oxygen atoms in total. The fourth-order valence-electron chi connectivity index (χ4n) is 3.19. The van der Waals surface area contributed by atoms with Crippen molar-refractivity contribution < 1.29 is 8.42 Å². The number of sulfonamides is 1. The van der Waals surface area contributed by atoms with Crippen LogP contribution in [-0.2, 0) is 10.0 Å². The highest BCUT2D eigenvalue weighted by Crippen LogP contribution is 2.27. The van der Waals surface area contributed by atoms with Crippen molar-refractivity contribution in [3.8, 4) is 12.3 Å². The maximum absolute atomic E-state index is 12.8. The second kappa shape index (κ2) is 9.04. The highest BCUT2D eigenvalue weighted by atomic mass is 35.5. The predicted octanol–water partition coefficient (Wildman–Crippen LogP) is 3.31. The van der Waals surface area contributed by atoms with E-state index in [0.717, 1.165) is 41.4 Å². The van der Waals surface area contributed by atoms with Gasteiger partial charge in [-0.2, -0.15) is 12.2 Å². The van der Waals surface area contributed by atoms with Crippen LogP contribution in [0.25, 0.3) is 0 Å². The molecule has 0 saturated carbocycles. The van der Waals surface area contributed by atoms with Crippen molar-refractivity contribution in [2.75, 3.05) is 41.4 Å². The smallest absolute Gasteiger partial charge is 0.278 e. The van der Waals surface area contributed by atoms with Gasteiger partial charge in [-0.1, -0.05) is 31.9 Å². The van der Waals surface area contributed by atoms with E-state index in [9.17, 15) is 8.42 Å². The van der Waals surface area contributed by atoms with Gasteiger partial charge >= 0.3 is 0 Å². The highest BCUT2D eigenvalue weighted by Gasteiger charge is 2.25. The third-order valence-corrected chi connectivity index (χ3v) is 7.24. The van der Waals surface area contributed by atoms with Crippen molar-refractivity contribution in [2.24, 2.45) is 0 Å². The van der Waals surface area contributed by atoms with Crippen LogP contribution in [0.4, 0.5) is 11.5 Å². The van der Waals surface area contributed by atoms with Crippen molar-refractivity contribution in [2.45, 2.75) is 24.7 Å². The first-order valence-corrected chi connectivity index (χ1v) is 11.3. The lowest BCUT2D eigenvalue weighted by molar-refractivity contribution is 0.287. The van der Waals surface area contributed by atoms with Crippen LogP contribution in [0, 0.1) is 12.3 Å². The third kappa shape index (κ3) is 4.84. The number of terminal acetylenes is 1. The van der Waals surface area contributed by atoms with E-state index in [1.54, 1.807) is 24.3 Å². The van der Waals surface area contributed by atoms with Crippen molar-refractivity contribution >= 4 is 33.3 Å². The van der Waals surface area contributed by atoms with E-state index in [1.165, 1.54) is 6.20 Å². The van der Waals surface area contributed by atoms with Gasteiger partial charge in [-0.25, -0.2) is 4.98 Å². The third-order valence-electron chi connectivity index (χ3n) is 5.00. The van der Waals surface area contributed by atoms with Crippen LogP contribution in [0.5, 0.6) is 0 Å². The zero-order valence-electron chi connectivity index (χ0n) is 16.6. The van der Waals surface area contributed by atoms with Crippen LogP contribution >= 0.6 is 11.8 Å². The lowest BCUT2D eigenvalue weighted by Crippen LogP contribution is -2.46. The molecule has 0 atom stereocenters. The minimum Gasteiger partial charge on any atom is -0.354 e. The SMILES string of the molecule is C#CCN1CCN(c2ccc(N(Cl)S(=O)(=O)c3ccc(C(C)C)cc3)cn2)CC1. The fraction of sp³-hybridized carbons (Fsp3) is 0.381. The quantitative estimate of drug-likeness (QED) is 0.517. The lowest BCUT2D eigenvalue weighted by Gasteiger charge is -2.34. The van der Waals surface area contributed by atoms with Crippen LogP contribution in [0.1, 0.15) is 25.3 Å². The maximum Gasteiger partial charge on any atom is 0.278 e. The minimum absolute atomic E-state index is 0.144. The second-order valence-electron chi connectivity index (χ2n) is 7.29. The van der Waals surface area contributed by atoms with Crippen molar-refractivity contribution in [1.29, 1.82) is 0 Å². The lowest BCUT2D eigenvalue weighted by atomic mass is 10.0. The molecular formula is C21H25ClN4O2S. The molecule has 2 heterocycles. The van der Waals surface area contributed by atoms with Gasteiger partial charge in [-0.3, -0.25) is 4.90 Å². The number of piperazine rings is 1. The predicted molar refractivity (Wildman–Crippen MR) is 118 cm³/mol. The number of nitrogens with zero attached hydrogens (tertiary/aromatic N) is 4. The summed E-state index contributed by atoms with van der Waals surface area (Å²) >= 11 is 6.19. The van der Waals surface area contributed by atoms with E-state index in [0.29, 0.717) is 18.2 Å². The average molecular weight is 433 g/mol. The normalized spacial score (nSPS) is 15.3. The van der Waals surface area contributed by atoms with E-state index in [4.69, 9.17) is 18.2 Å². The Balaban J connectivity index is 1.71. The summed E-state index contributed by atoms with van der Waals surface area (Å²) in [6.45, 7) is 8.14. The van der Waals surface area contributed by atoms with E-state index in [1.807, 2.05) is 12.1 Å². The van der Waals surface area contributed by atoms with Gasteiger partial charge < -0.3 is 4.90 Å². The number of aromatic nitrogens is 1. The van der Waals surface area contributed by atoms with Gasteiger partial charge in [0.2, 0.25) is 0 Å². The molecule has 1 aliphatic heterocycles. The van der Waals surface area contributed by atoms with Gasteiger partial charge in [0, 0.05) is 38.0 Å². The van der Waals surface area contributed by atoms with E-state index >= 15 is 0 Å². The average Bonchev–Trinajstić information content (AvgIpc) is 2.74. The summed E-state index contributed by atoms with van der Waals surface area (Å²) in [5.41, 5.74) is 1.37. The molecule has 0 radical (unpaired) electrons. The Morgan fingerprint density at radius 1 is 1.14 bits per heavy atom. The second-order valence-corrected chi connectivity index (χ2v) is 9.61. The first-order chi connectivity index (χ1) is 13.8. The van der Waals surface area contributed by atoms with Crippen molar-refractivity contribution in [1.82, 2.24) is 9.88 Å². The van der Waals surface area contributed by atoms with Crippen molar-refractivity contribution in [3.63, 3.8) is 0 Å². The highest BCUT2D eigenvalue weighted by molar-refractivity contribution is 7.94. The van der Waals surface area contributed by atoms with Gasteiger partial charge in [0.15, 0.2) is 0 Å². The Morgan fingerprint density at radius 3 is 2.31 bits per heavy atom. The van der Waals surface area contributed by atoms with Crippen molar-refractivity contribution in [3.05, 3.63) is 48.2 Å². The van der Waals surface area contributed by atoms with E-state index in [-0.39, 0.29) is 4.90 Å². The summed E-state index contributed by atoms with van der Waals surface area (Å²) in [4.78, 5) is 8.92. The summed E-state index contributed by atoms with van der Waals surface area (Å²) in [5, 5.41) is 0. The number of halogens is 1. The molecule has 0 unspecified atom stereocenters. The molecule has 29 heavy (non-hydrogen) atoms. The Morgan fingerprint density at radius 2 is 1.79 bits per heavy atom. The first kappa shape index (κ1) is 21.4. The molecule has 0 spiro atoms. The molecule has 8 heteroatoms. The molecule has 1 saturated heterocycles. The largest absolute Gasteiger partial charge is 0.354 e.